The monoisotopic (exact) mass is 442 g/mol. The van der Waals surface area contributed by atoms with Crippen LogP contribution in [0.3, 0.4) is 0 Å². The minimum Gasteiger partial charge on any atom is -0.373 e. The predicted molar refractivity (Wildman–Crippen MR) is 97.3 cm³/mol. The largest absolute Gasteiger partial charge is 0.373 e. The van der Waals surface area contributed by atoms with Crippen LogP contribution in [0.25, 0.3) is 0 Å². The molecule has 1 saturated heterocycles. The maximum absolute atomic E-state index is 12.5. The normalized spacial score (nSPS) is 24.3. The Labute approximate surface area is 159 Å². The van der Waals surface area contributed by atoms with Gasteiger partial charge in [0.1, 0.15) is 6.17 Å². The summed E-state index contributed by atoms with van der Waals surface area (Å²) in [6.45, 7) is 5.05. The van der Waals surface area contributed by atoms with Gasteiger partial charge in [0, 0.05) is 23.1 Å². The van der Waals surface area contributed by atoms with E-state index in [0.717, 1.165) is 4.47 Å². The highest BCUT2D eigenvalue weighted by molar-refractivity contribution is 9.10. The maximum atomic E-state index is 12.5. The van der Waals surface area contributed by atoms with Crippen molar-refractivity contribution in [3.8, 4) is 0 Å². The lowest BCUT2D eigenvalue weighted by Gasteiger charge is -2.42. The highest BCUT2D eigenvalue weighted by atomic mass is 79.9. The third kappa shape index (κ3) is 5.48. The number of ether oxygens (including phenoxy) is 1. The van der Waals surface area contributed by atoms with E-state index in [1.54, 1.807) is 24.3 Å². The van der Waals surface area contributed by atoms with Gasteiger partial charge in [-0.1, -0.05) is 50.7 Å². The summed E-state index contributed by atoms with van der Waals surface area (Å²) >= 11 is 21.7. The Balaban J connectivity index is 2.16. The molecule has 0 radical (unpaired) electrons. The van der Waals surface area contributed by atoms with Crippen molar-refractivity contribution in [1.29, 1.82) is 0 Å². The molecule has 2 rings (SSSR count). The van der Waals surface area contributed by atoms with Gasteiger partial charge in [-0.05, 0) is 38.1 Å². The highest BCUT2D eigenvalue weighted by Gasteiger charge is 2.41. The van der Waals surface area contributed by atoms with Crippen molar-refractivity contribution in [2.75, 3.05) is 13.1 Å². The topological polar surface area (TPSA) is 41.6 Å². The molecular formula is C15H18BrCl3N2O2. The molecule has 3 atom stereocenters. The van der Waals surface area contributed by atoms with E-state index in [0.29, 0.717) is 18.7 Å². The maximum Gasteiger partial charge on any atom is 0.252 e. The van der Waals surface area contributed by atoms with E-state index < -0.39 is 9.96 Å². The van der Waals surface area contributed by atoms with Crippen molar-refractivity contribution in [3.05, 3.63) is 34.3 Å². The molecule has 1 N–H and O–H groups in total. The third-order valence-electron chi connectivity index (χ3n) is 3.50. The molecule has 0 saturated carbocycles. The van der Waals surface area contributed by atoms with Gasteiger partial charge in [0.2, 0.25) is 3.79 Å². The average Bonchev–Trinajstić information content (AvgIpc) is 2.42. The summed E-state index contributed by atoms with van der Waals surface area (Å²) in [7, 11) is 0. The number of carbonyl (C=O) groups is 1. The van der Waals surface area contributed by atoms with Crippen molar-refractivity contribution in [3.63, 3.8) is 0 Å². The molecule has 1 aromatic rings. The van der Waals surface area contributed by atoms with Crippen molar-refractivity contribution in [2.45, 2.75) is 36.0 Å². The van der Waals surface area contributed by atoms with Gasteiger partial charge in [-0.25, -0.2) is 0 Å². The highest BCUT2D eigenvalue weighted by Crippen LogP contribution is 2.33. The second-order valence-electron chi connectivity index (χ2n) is 5.64. The number of benzene rings is 1. The van der Waals surface area contributed by atoms with Gasteiger partial charge in [0.15, 0.2) is 0 Å². The van der Waals surface area contributed by atoms with Gasteiger partial charge in [0.05, 0.1) is 12.2 Å². The van der Waals surface area contributed by atoms with Gasteiger partial charge in [-0.3, -0.25) is 9.69 Å². The molecule has 0 spiro atoms. The van der Waals surface area contributed by atoms with Gasteiger partial charge in [-0.2, -0.15) is 0 Å². The van der Waals surface area contributed by atoms with E-state index >= 15 is 0 Å². The van der Waals surface area contributed by atoms with Crippen molar-refractivity contribution in [1.82, 2.24) is 10.2 Å². The zero-order valence-electron chi connectivity index (χ0n) is 12.7. The molecule has 0 unspecified atom stereocenters. The molecule has 1 heterocycles. The molecule has 1 amide bonds. The third-order valence-corrected chi connectivity index (χ3v) is 4.65. The fourth-order valence-corrected chi connectivity index (χ4v) is 3.46. The van der Waals surface area contributed by atoms with Crippen LogP contribution in [0.5, 0.6) is 0 Å². The van der Waals surface area contributed by atoms with Gasteiger partial charge in [0.25, 0.3) is 5.91 Å². The fourth-order valence-electron chi connectivity index (χ4n) is 2.62. The van der Waals surface area contributed by atoms with Crippen molar-refractivity contribution < 1.29 is 9.53 Å². The van der Waals surface area contributed by atoms with Crippen LogP contribution < -0.4 is 5.32 Å². The quantitative estimate of drug-likeness (QED) is 0.717. The number of nitrogens with one attached hydrogen (secondary N) is 1. The zero-order valence-corrected chi connectivity index (χ0v) is 16.6. The van der Waals surface area contributed by atoms with Crippen LogP contribution in [-0.2, 0) is 4.74 Å². The lowest BCUT2D eigenvalue weighted by atomic mass is 10.2. The van der Waals surface area contributed by atoms with Crippen LogP contribution in [0.4, 0.5) is 0 Å². The second kappa shape index (κ2) is 7.89. The minimum atomic E-state index is -1.65. The molecule has 1 fully saturated rings. The average molecular weight is 445 g/mol. The molecule has 23 heavy (non-hydrogen) atoms. The molecule has 0 aliphatic carbocycles. The van der Waals surface area contributed by atoms with E-state index in [1.807, 2.05) is 18.7 Å². The number of alkyl halides is 3. The van der Waals surface area contributed by atoms with Crippen LogP contribution in [-0.4, -0.2) is 46.1 Å². The Morgan fingerprint density at radius 3 is 2.26 bits per heavy atom. The van der Waals surface area contributed by atoms with Crippen LogP contribution in [0.15, 0.2) is 28.7 Å². The number of hydrogen-bond donors (Lipinski definition) is 1. The Morgan fingerprint density at radius 1 is 1.26 bits per heavy atom. The molecule has 8 heteroatoms. The Bertz CT molecular complexity index is 541. The van der Waals surface area contributed by atoms with E-state index in [-0.39, 0.29) is 18.1 Å². The molecular weight excluding hydrogens is 426 g/mol. The van der Waals surface area contributed by atoms with Crippen LogP contribution >= 0.6 is 50.7 Å². The summed E-state index contributed by atoms with van der Waals surface area (Å²) in [6, 6.07) is 7.00. The Kier molecular flexibility index (Phi) is 6.62. The summed E-state index contributed by atoms with van der Waals surface area (Å²) in [4.78, 5) is 14.4. The van der Waals surface area contributed by atoms with Crippen LogP contribution in [0.2, 0.25) is 0 Å². The lowest BCUT2D eigenvalue weighted by Crippen LogP contribution is -2.60. The summed E-state index contributed by atoms with van der Waals surface area (Å²) in [5, 5.41) is 2.82. The first-order valence-corrected chi connectivity index (χ1v) is 9.12. The number of nitrogens with zero attached hydrogens (tertiary/aromatic N) is 1. The smallest absolute Gasteiger partial charge is 0.252 e. The number of morpholine rings is 1. The van der Waals surface area contributed by atoms with Crippen LogP contribution in [0.1, 0.15) is 24.2 Å². The molecule has 128 valence electrons. The predicted octanol–water partition coefficient (Wildman–Crippen LogP) is 3.98. The van der Waals surface area contributed by atoms with Crippen LogP contribution in [0, 0.1) is 0 Å². The minimum absolute atomic E-state index is 0.00168. The molecule has 1 aromatic carbocycles. The van der Waals surface area contributed by atoms with Gasteiger partial charge in [-0.15, -0.1) is 0 Å². The SMILES string of the molecule is C[C@@H]1CN([C@H](NC(=O)c2ccc(Br)cc2)C(Cl)(Cl)Cl)C[C@H](C)O1. The molecule has 1 aliphatic rings. The Hall–Kier alpha value is -0.0400. The Morgan fingerprint density at radius 2 is 1.78 bits per heavy atom. The van der Waals surface area contributed by atoms with E-state index in [9.17, 15) is 4.79 Å². The molecule has 4 nitrogen and oxygen atoms in total. The van der Waals surface area contributed by atoms with Crippen molar-refractivity contribution in [2.24, 2.45) is 0 Å². The van der Waals surface area contributed by atoms with E-state index in [1.165, 1.54) is 0 Å². The fraction of sp³-hybridized carbons (Fsp3) is 0.533. The number of hydrogen-bond acceptors (Lipinski definition) is 3. The van der Waals surface area contributed by atoms with Gasteiger partial charge < -0.3 is 10.1 Å². The number of halogens is 4. The van der Waals surface area contributed by atoms with Crippen molar-refractivity contribution >= 4 is 56.6 Å². The molecule has 0 aromatic heterocycles. The first-order chi connectivity index (χ1) is 10.7. The number of rotatable bonds is 3. The summed E-state index contributed by atoms with van der Waals surface area (Å²) in [5.74, 6) is -0.291. The summed E-state index contributed by atoms with van der Waals surface area (Å²) in [6.07, 6.45) is -0.742. The van der Waals surface area contributed by atoms with Gasteiger partial charge >= 0.3 is 0 Å². The molecule has 0 bridgehead atoms. The van der Waals surface area contributed by atoms with E-state index in [4.69, 9.17) is 39.5 Å². The zero-order chi connectivity index (χ0) is 17.2. The molecule has 1 aliphatic heterocycles. The summed E-state index contributed by atoms with van der Waals surface area (Å²) < 4.78 is 4.93. The lowest BCUT2D eigenvalue weighted by molar-refractivity contribution is -0.0826. The second-order valence-corrected chi connectivity index (χ2v) is 8.92. The van der Waals surface area contributed by atoms with E-state index in [2.05, 4.69) is 21.2 Å². The standard InChI is InChI=1S/C15H18BrCl3N2O2/c1-9-7-21(8-10(2)23-9)14(15(17,18)19)20-13(22)11-3-5-12(16)6-4-11/h3-6,9-10,14H,7-8H2,1-2H3,(H,20,22)/t9-,10+,14-/m0/s1. The number of carbonyl (C=O) groups excluding carboxylic acids is 1. The first kappa shape index (κ1) is 19.3. The summed E-state index contributed by atoms with van der Waals surface area (Å²) in [5.41, 5.74) is 0.502. The number of amides is 1. The first-order valence-electron chi connectivity index (χ1n) is 7.19.